The SMILES string of the molecule is Cc1ccc(SCCCO)cc1C#Cc1cc(Cl)ccc1OCC(=O)O. The first-order chi connectivity index (χ1) is 12.5. The standard InChI is InChI=1S/C20H19ClO4S/c1-14-3-7-18(26-10-2-9-22)12-15(14)4-5-16-11-17(21)6-8-19(16)25-13-20(23)24/h3,6-8,11-12,22H,2,9-10,13H2,1H3,(H,23,24). The highest BCUT2D eigenvalue weighted by atomic mass is 35.5. The van der Waals surface area contributed by atoms with Crippen molar-refractivity contribution >= 4 is 29.3 Å². The second-order valence-corrected chi connectivity index (χ2v) is 7.08. The van der Waals surface area contributed by atoms with Crippen molar-refractivity contribution < 1.29 is 19.7 Å². The van der Waals surface area contributed by atoms with E-state index in [1.165, 1.54) is 0 Å². The van der Waals surface area contributed by atoms with E-state index in [0.29, 0.717) is 16.3 Å². The van der Waals surface area contributed by atoms with Crippen molar-refractivity contribution in [3.8, 4) is 17.6 Å². The first kappa shape index (κ1) is 20.2. The van der Waals surface area contributed by atoms with E-state index in [2.05, 4.69) is 11.8 Å². The van der Waals surface area contributed by atoms with Gasteiger partial charge in [-0.2, -0.15) is 0 Å². The second kappa shape index (κ2) is 10.1. The van der Waals surface area contributed by atoms with Gasteiger partial charge in [0.15, 0.2) is 6.61 Å². The van der Waals surface area contributed by atoms with Gasteiger partial charge in [-0.15, -0.1) is 11.8 Å². The summed E-state index contributed by atoms with van der Waals surface area (Å²) in [7, 11) is 0. The molecule has 0 heterocycles. The Morgan fingerprint density at radius 2 is 1.96 bits per heavy atom. The zero-order valence-electron chi connectivity index (χ0n) is 14.3. The number of carbonyl (C=O) groups is 1. The molecule has 2 rings (SSSR count). The average Bonchev–Trinajstić information content (AvgIpc) is 2.61. The lowest BCUT2D eigenvalue weighted by Gasteiger charge is -2.06. The van der Waals surface area contributed by atoms with Gasteiger partial charge in [0.05, 0.1) is 5.56 Å². The van der Waals surface area contributed by atoms with Crippen LogP contribution in [0.5, 0.6) is 5.75 Å². The summed E-state index contributed by atoms with van der Waals surface area (Å²) in [5.41, 5.74) is 2.46. The van der Waals surface area contributed by atoms with Crippen LogP contribution in [0, 0.1) is 18.8 Å². The molecule has 6 heteroatoms. The van der Waals surface area contributed by atoms with Gasteiger partial charge in [0.1, 0.15) is 5.75 Å². The van der Waals surface area contributed by atoms with Crippen LogP contribution < -0.4 is 4.74 Å². The molecule has 0 spiro atoms. The molecule has 0 radical (unpaired) electrons. The lowest BCUT2D eigenvalue weighted by Crippen LogP contribution is -2.10. The van der Waals surface area contributed by atoms with Crippen LogP contribution >= 0.6 is 23.4 Å². The predicted octanol–water partition coefficient (Wildman–Crippen LogP) is 3.99. The minimum absolute atomic E-state index is 0.180. The number of hydrogen-bond acceptors (Lipinski definition) is 4. The lowest BCUT2D eigenvalue weighted by molar-refractivity contribution is -0.139. The van der Waals surface area contributed by atoms with Gasteiger partial charge in [0.25, 0.3) is 0 Å². The predicted molar refractivity (Wildman–Crippen MR) is 104 cm³/mol. The molecule has 0 aliphatic heterocycles. The number of rotatable bonds is 7. The van der Waals surface area contributed by atoms with Gasteiger partial charge in [0.2, 0.25) is 0 Å². The maximum atomic E-state index is 10.7. The van der Waals surface area contributed by atoms with E-state index >= 15 is 0 Å². The molecule has 2 aromatic carbocycles. The number of carboxylic acid groups (broad SMARTS) is 1. The summed E-state index contributed by atoms with van der Waals surface area (Å²) in [6.45, 7) is 1.72. The van der Waals surface area contributed by atoms with Crippen molar-refractivity contribution in [1.82, 2.24) is 0 Å². The minimum atomic E-state index is -1.05. The number of carboxylic acids is 1. The topological polar surface area (TPSA) is 66.8 Å². The second-order valence-electron chi connectivity index (χ2n) is 5.48. The smallest absolute Gasteiger partial charge is 0.341 e. The number of benzene rings is 2. The number of aryl methyl sites for hydroxylation is 1. The summed E-state index contributed by atoms with van der Waals surface area (Å²) in [6.07, 6.45) is 0.742. The summed E-state index contributed by atoms with van der Waals surface area (Å²) in [5.74, 6) is 6.32. The summed E-state index contributed by atoms with van der Waals surface area (Å²) < 4.78 is 5.27. The molecule has 2 N–H and O–H groups in total. The number of thioether (sulfide) groups is 1. The third-order valence-corrected chi connectivity index (χ3v) is 4.72. The number of ether oxygens (including phenoxy) is 1. The van der Waals surface area contributed by atoms with Crippen LogP contribution in [-0.2, 0) is 4.79 Å². The Bertz CT molecular complexity index is 839. The van der Waals surface area contributed by atoms with E-state index in [9.17, 15) is 4.79 Å². The first-order valence-electron chi connectivity index (χ1n) is 8.00. The summed E-state index contributed by atoms with van der Waals surface area (Å²) in [5, 5.41) is 18.2. The van der Waals surface area contributed by atoms with Gasteiger partial charge >= 0.3 is 5.97 Å². The molecule has 4 nitrogen and oxygen atoms in total. The molecule has 2 aromatic rings. The van der Waals surface area contributed by atoms with Crippen LogP contribution in [0.3, 0.4) is 0 Å². The van der Waals surface area contributed by atoms with Gasteiger partial charge in [0, 0.05) is 27.8 Å². The Kier molecular flexibility index (Phi) is 7.86. The van der Waals surface area contributed by atoms with E-state index in [-0.39, 0.29) is 6.61 Å². The number of halogens is 1. The third kappa shape index (κ3) is 6.30. The van der Waals surface area contributed by atoms with E-state index in [0.717, 1.165) is 28.2 Å². The number of aliphatic carboxylic acids is 1. The summed E-state index contributed by atoms with van der Waals surface area (Å²) in [6, 6.07) is 10.9. The van der Waals surface area contributed by atoms with Crippen LogP contribution in [0.15, 0.2) is 41.3 Å². The zero-order valence-corrected chi connectivity index (χ0v) is 15.9. The van der Waals surface area contributed by atoms with Gasteiger partial charge in [-0.3, -0.25) is 0 Å². The fourth-order valence-electron chi connectivity index (χ4n) is 2.08. The van der Waals surface area contributed by atoms with E-state index < -0.39 is 12.6 Å². The molecule has 0 atom stereocenters. The zero-order chi connectivity index (χ0) is 18.9. The normalized spacial score (nSPS) is 10.1. The molecule has 0 bridgehead atoms. The number of aliphatic hydroxyl groups excluding tert-OH is 1. The Morgan fingerprint density at radius 3 is 2.69 bits per heavy atom. The van der Waals surface area contributed by atoms with Gasteiger partial charge in [-0.1, -0.05) is 29.5 Å². The maximum absolute atomic E-state index is 10.7. The van der Waals surface area contributed by atoms with E-state index in [4.69, 9.17) is 26.6 Å². The third-order valence-electron chi connectivity index (χ3n) is 3.40. The van der Waals surface area contributed by atoms with Crippen molar-refractivity contribution in [2.75, 3.05) is 19.0 Å². The fraction of sp³-hybridized carbons (Fsp3) is 0.250. The molecule has 26 heavy (non-hydrogen) atoms. The molecular formula is C20H19ClO4S. The van der Waals surface area contributed by atoms with Gasteiger partial charge < -0.3 is 14.9 Å². The summed E-state index contributed by atoms with van der Waals surface area (Å²) >= 11 is 7.69. The molecular weight excluding hydrogens is 372 g/mol. The number of hydrogen-bond donors (Lipinski definition) is 2. The molecule has 0 fully saturated rings. The highest BCUT2D eigenvalue weighted by Crippen LogP contribution is 2.24. The van der Waals surface area contributed by atoms with Gasteiger partial charge in [-0.25, -0.2) is 4.79 Å². The molecule has 0 aliphatic rings. The van der Waals surface area contributed by atoms with Crippen LogP contribution in [0.2, 0.25) is 5.02 Å². The van der Waals surface area contributed by atoms with Crippen LogP contribution in [-0.4, -0.2) is 35.1 Å². The molecule has 0 saturated heterocycles. The van der Waals surface area contributed by atoms with Crippen molar-refractivity contribution in [3.63, 3.8) is 0 Å². The average molecular weight is 391 g/mol. The monoisotopic (exact) mass is 390 g/mol. The van der Waals surface area contributed by atoms with Crippen molar-refractivity contribution in [2.24, 2.45) is 0 Å². The van der Waals surface area contributed by atoms with Crippen molar-refractivity contribution in [2.45, 2.75) is 18.2 Å². The van der Waals surface area contributed by atoms with E-state index in [1.807, 2.05) is 25.1 Å². The Morgan fingerprint density at radius 1 is 1.19 bits per heavy atom. The number of aliphatic hydroxyl groups is 1. The highest BCUT2D eigenvalue weighted by Gasteiger charge is 2.06. The lowest BCUT2D eigenvalue weighted by atomic mass is 10.1. The molecule has 0 amide bonds. The molecule has 136 valence electrons. The minimum Gasteiger partial charge on any atom is -0.481 e. The van der Waals surface area contributed by atoms with E-state index in [1.54, 1.807) is 30.0 Å². The Labute approximate surface area is 162 Å². The fourth-order valence-corrected chi connectivity index (χ4v) is 3.13. The highest BCUT2D eigenvalue weighted by molar-refractivity contribution is 7.99. The van der Waals surface area contributed by atoms with Crippen molar-refractivity contribution in [1.29, 1.82) is 0 Å². The molecule has 0 aliphatic carbocycles. The molecule has 0 saturated carbocycles. The Hall–Kier alpha value is -2.13. The summed E-state index contributed by atoms with van der Waals surface area (Å²) in [4.78, 5) is 11.8. The maximum Gasteiger partial charge on any atom is 0.341 e. The molecule has 0 aromatic heterocycles. The van der Waals surface area contributed by atoms with Crippen LogP contribution in [0.1, 0.15) is 23.1 Å². The van der Waals surface area contributed by atoms with Gasteiger partial charge in [-0.05, 0) is 49.2 Å². The van der Waals surface area contributed by atoms with Crippen LogP contribution in [0.25, 0.3) is 0 Å². The Balaban J connectivity index is 2.26. The largest absolute Gasteiger partial charge is 0.481 e. The quantitative estimate of drug-likeness (QED) is 0.425. The molecule has 0 unspecified atom stereocenters. The van der Waals surface area contributed by atoms with Crippen molar-refractivity contribution in [3.05, 3.63) is 58.1 Å². The first-order valence-corrected chi connectivity index (χ1v) is 9.36. The van der Waals surface area contributed by atoms with Crippen LogP contribution in [0.4, 0.5) is 0 Å².